The van der Waals surface area contributed by atoms with E-state index >= 15 is 0 Å². The number of nitro groups is 1. The van der Waals surface area contributed by atoms with Crippen molar-refractivity contribution in [3.05, 3.63) is 73.7 Å². The lowest BCUT2D eigenvalue weighted by atomic mass is 10.0. The summed E-state index contributed by atoms with van der Waals surface area (Å²) in [5.74, 6) is -0.133. The maximum absolute atomic E-state index is 12.2. The predicted octanol–water partition coefficient (Wildman–Crippen LogP) is 4.09. The van der Waals surface area contributed by atoms with E-state index in [1.807, 2.05) is 24.3 Å². The number of hydrogen-bond acceptors (Lipinski definition) is 3. The average molecular weight is 334 g/mol. The first-order valence-corrected chi connectivity index (χ1v) is 6.79. The Kier molecular flexibility index (Phi) is 4.29. The molecule has 2 aromatic carbocycles. The Hall–Kier alpha value is -2.01. The first-order valence-electron chi connectivity index (χ1n) is 6.00. The Morgan fingerprint density at radius 3 is 2.65 bits per heavy atom. The molecule has 2 aromatic rings. The number of nitrogens with zero attached hydrogens (tertiary/aromatic N) is 1. The standard InChI is InChI=1S/C15H12BrNO3/c1-10-5-6-12(9-14(10)17(19)20)15(18)8-11-3-2-4-13(16)7-11/h2-7,9H,8H2,1H3. The normalized spacial score (nSPS) is 10.3. The van der Waals surface area contributed by atoms with Gasteiger partial charge in [-0.3, -0.25) is 14.9 Å². The smallest absolute Gasteiger partial charge is 0.273 e. The van der Waals surface area contributed by atoms with Gasteiger partial charge >= 0.3 is 0 Å². The minimum Gasteiger partial charge on any atom is -0.294 e. The Morgan fingerprint density at radius 2 is 2.00 bits per heavy atom. The number of halogens is 1. The second-order valence-corrected chi connectivity index (χ2v) is 5.40. The van der Waals surface area contributed by atoms with E-state index in [9.17, 15) is 14.9 Å². The van der Waals surface area contributed by atoms with E-state index < -0.39 is 4.92 Å². The summed E-state index contributed by atoms with van der Waals surface area (Å²) in [7, 11) is 0. The van der Waals surface area contributed by atoms with E-state index in [0.717, 1.165) is 10.0 Å². The van der Waals surface area contributed by atoms with Crippen LogP contribution >= 0.6 is 15.9 Å². The average Bonchev–Trinajstić information content (AvgIpc) is 2.38. The van der Waals surface area contributed by atoms with E-state index in [4.69, 9.17) is 0 Å². The summed E-state index contributed by atoms with van der Waals surface area (Å²) in [6.45, 7) is 1.65. The van der Waals surface area contributed by atoms with Crippen LogP contribution in [0.2, 0.25) is 0 Å². The Bertz CT molecular complexity index is 683. The van der Waals surface area contributed by atoms with Crippen LogP contribution in [-0.2, 0) is 6.42 Å². The molecule has 102 valence electrons. The molecule has 20 heavy (non-hydrogen) atoms. The van der Waals surface area contributed by atoms with Crippen LogP contribution in [-0.4, -0.2) is 10.7 Å². The lowest BCUT2D eigenvalue weighted by Crippen LogP contribution is -2.05. The zero-order valence-electron chi connectivity index (χ0n) is 10.8. The summed E-state index contributed by atoms with van der Waals surface area (Å²) in [4.78, 5) is 22.6. The molecule has 0 aliphatic rings. The number of Topliss-reactive ketones (excluding diaryl/α,β-unsaturated/α-hetero) is 1. The van der Waals surface area contributed by atoms with Gasteiger partial charge in [0.25, 0.3) is 5.69 Å². The summed E-state index contributed by atoms with van der Waals surface area (Å²) < 4.78 is 0.901. The lowest BCUT2D eigenvalue weighted by Gasteiger charge is -2.04. The number of rotatable bonds is 4. The molecule has 0 amide bonds. The van der Waals surface area contributed by atoms with E-state index in [1.165, 1.54) is 6.07 Å². The van der Waals surface area contributed by atoms with Gasteiger partial charge in [-0.1, -0.05) is 40.2 Å². The van der Waals surface area contributed by atoms with E-state index in [2.05, 4.69) is 15.9 Å². The van der Waals surface area contributed by atoms with Crippen molar-refractivity contribution in [2.75, 3.05) is 0 Å². The molecule has 2 rings (SSSR count). The van der Waals surface area contributed by atoms with Crippen LogP contribution in [0.15, 0.2) is 46.9 Å². The summed E-state index contributed by atoms with van der Waals surface area (Å²) in [5.41, 5.74) is 1.76. The van der Waals surface area contributed by atoms with Crippen molar-refractivity contribution < 1.29 is 9.72 Å². The van der Waals surface area contributed by atoms with Crippen LogP contribution in [0.3, 0.4) is 0 Å². The predicted molar refractivity (Wildman–Crippen MR) is 80.0 cm³/mol. The fraction of sp³-hybridized carbons (Fsp3) is 0.133. The number of nitro benzene ring substituents is 1. The SMILES string of the molecule is Cc1ccc(C(=O)Cc2cccc(Br)c2)cc1[N+](=O)[O-]. The molecule has 0 aliphatic carbocycles. The van der Waals surface area contributed by atoms with Crippen LogP contribution in [0.5, 0.6) is 0 Å². The first-order chi connectivity index (χ1) is 9.47. The van der Waals surface area contributed by atoms with Gasteiger partial charge in [-0.2, -0.15) is 0 Å². The zero-order chi connectivity index (χ0) is 14.7. The van der Waals surface area contributed by atoms with Gasteiger partial charge in [-0.15, -0.1) is 0 Å². The minimum absolute atomic E-state index is 0.0231. The van der Waals surface area contributed by atoms with Gasteiger partial charge in [0.1, 0.15) is 0 Å². The monoisotopic (exact) mass is 333 g/mol. The fourth-order valence-electron chi connectivity index (χ4n) is 1.91. The van der Waals surface area contributed by atoms with Crippen LogP contribution in [0.25, 0.3) is 0 Å². The molecule has 0 bridgehead atoms. The molecule has 0 unspecified atom stereocenters. The van der Waals surface area contributed by atoms with Crippen molar-refractivity contribution in [2.24, 2.45) is 0 Å². The van der Waals surface area contributed by atoms with Gasteiger partial charge in [0.05, 0.1) is 4.92 Å². The number of hydrogen-bond donors (Lipinski definition) is 0. The highest BCUT2D eigenvalue weighted by atomic mass is 79.9. The molecule has 0 spiro atoms. The largest absolute Gasteiger partial charge is 0.294 e. The van der Waals surface area contributed by atoms with Crippen molar-refractivity contribution in [1.29, 1.82) is 0 Å². The van der Waals surface area contributed by atoms with E-state index in [1.54, 1.807) is 19.1 Å². The fourth-order valence-corrected chi connectivity index (χ4v) is 2.36. The van der Waals surface area contributed by atoms with Gasteiger partial charge in [0.2, 0.25) is 0 Å². The lowest BCUT2D eigenvalue weighted by molar-refractivity contribution is -0.385. The highest BCUT2D eigenvalue weighted by Crippen LogP contribution is 2.21. The molecule has 0 aromatic heterocycles. The second-order valence-electron chi connectivity index (χ2n) is 4.49. The van der Waals surface area contributed by atoms with Crippen LogP contribution in [0, 0.1) is 17.0 Å². The van der Waals surface area contributed by atoms with E-state index in [0.29, 0.717) is 11.1 Å². The number of benzene rings is 2. The topological polar surface area (TPSA) is 60.2 Å². The summed E-state index contributed by atoms with van der Waals surface area (Å²) >= 11 is 3.35. The third-order valence-electron chi connectivity index (χ3n) is 2.98. The molecule has 0 N–H and O–H groups in total. The molecule has 0 saturated heterocycles. The van der Waals surface area contributed by atoms with Crippen molar-refractivity contribution >= 4 is 27.4 Å². The highest BCUT2D eigenvalue weighted by Gasteiger charge is 2.15. The molecule has 4 nitrogen and oxygen atoms in total. The van der Waals surface area contributed by atoms with Gasteiger partial charge in [0, 0.05) is 28.1 Å². The Balaban J connectivity index is 2.26. The van der Waals surface area contributed by atoms with Gasteiger partial charge in [-0.25, -0.2) is 0 Å². The molecule has 0 atom stereocenters. The van der Waals surface area contributed by atoms with Crippen molar-refractivity contribution in [2.45, 2.75) is 13.3 Å². The molecule has 0 radical (unpaired) electrons. The third kappa shape index (κ3) is 3.30. The zero-order valence-corrected chi connectivity index (χ0v) is 12.4. The first kappa shape index (κ1) is 14.4. The maximum Gasteiger partial charge on any atom is 0.273 e. The van der Waals surface area contributed by atoms with E-state index in [-0.39, 0.29) is 17.9 Å². The van der Waals surface area contributed by atoms with Crippen molar-refractivity contribution in [1.82, 2.24) is 0 Å². The Morgan fingerprint density at radius 1 is 1.25 bits per heavy atom. The molecular formula is C15H12BrNO3. The van der Waals surface area contributed by atoms with Crippen molar-refractivity contribution in [3.8, 4) is 0 Å². The molecule has 0 heterocycles. The molecule has 0 saturated carbocycles. The van der Waals surface area contributed by atoms with Crippen molar-refractivity contribution in [3.63, 3.8) is 0 Å². The summed E-state index contributed by atoms with van der Waals surface area (Å²) in [6, 6.07) is 12.0. The molecule has 0 aliphatic heterocycles. The third-order valence-corrected chi connectivity index (χ3v) is 3.47. The van der Waals surface area contributed by atoms with Crippen LogP contribution in [0.4, 0.5) is 5.69 Å². The number of carbonyl (C=O) groups is 1. The minimum atomic E-state index is -0.467. The van der Waals surface area contributed by atoms with Crippen LogP contribution < -0.4 is 0 Å². The van der Waals surface area contributed by atoms with Crippen LogP contribution in [0.1, 0.15) is 21.5 Å². The van der Waals surface area contributed by atoms with Gasteiger partial charge in [0.15, 0.2) is 5.78 Å². The number of ketones is 1. The second kappa shape index (κ2) is 5.96. The maximum atomic E-state index is 12.2. The quantitative estimate of drug-likeness (QED) is 0.481. The molecular weight excluding hydrogens is 322 g/mol. The summed E-state index contributed by atoms with van der Waals surface area (Å²) in [5, 5.41) is 10.9. The summed E-state index contributed by atoms with van der Waals surface area (Å²) in [6.07, 6.45) is 0.222. The number of carbonyl (C=O) groups excluding carboxylic acids is 1. The number of aryl methyl sites for hydroxylation is 1. The van der Waals surface area contributed by atoms with Gasteiger partial charge < -0.3 is 0 Å². The molecule has 5 heteroatoms. The highest BCUT2D eigenvalue weighted by molar-refractivity contribution is 9.10. The van der Waals surface area contributed by atoms with Gasteiger partial charge in [-0.05, 0) is 24.6 Å². The Labute approximate surface area is 124 Å². The molecule has 0 fully saturated rings.